The van der Waals surface area contributed by atoms with Gasteiger partial charge in [-0.2, -0.15) is 0 Å². The maximum Gasteiger partial charge on any atom is 0.274 e. The van der Waals surface area contributed by atoms with Gasteiger partial charge in [-0.1, -0.05) is 36.4 Å². The number of ether oxygens (including phenoxy) is 2. The molecule has 1 atom stereocenters. The SMILES string of the molecule is COc1ccc(NC(=O)c2cccc(N3CCNC(c4ccccc4)C3)n2)c(OC)c1. The first-order chi connectivity index (χ1) is 15.2. The van der Waals surface area contributed by atoms with Crippen LogP contribution in [-0.2, 0) is 0 Å². The van der Waals surface area contributed by atoms with E-state index in [-0.39, 0.29) is 11.9 Å². The minimum Gasteiger partial charge on any atom is -0.497 e. The van der Waals surface area contributed by atoms with Crippen molar-refractivity contribution < 1.29 is 14.3 Å². The summed E-state index contributed by atoms with van der Waals surface area (Å²) in [6, 6.07) is 21.4. The van der Waals surface area contributed by atoms with Crippen LogP contribution in [0, 0.1) is 0 Å². The summed E-state index contributed by atoms with van der Waals surface area (Å²) < 4.78 is 10.6. The Morgan fingerprint density at radius 1 is 1.06 bits per heavy atom. The number of hydrogen-bond acceptors (Lipinski definition) is 6. The minimum absolute atomic E-state index is 0.220. The smallest absolute Gasteiger partial charge is 0.274 e. The van der Waals surface area contributed by atoms with Crippen LogP contribution in [0.4, 0.5) is 11.5 Å². The second-order valence-corrected chi connectivity index (χ2v) is 7.26. The van der Waals surface area contributed by atoms with Gasteiger partial charge < -0.3 is 25.0 Å². The van der Waals surface area contributed by atoms with Gasteiger partial charge in [-0.3, -0.25) is 4.79 Å². The zero-order valence-corrected chi connectivity index (χ0v) is 17.7. The third kappa shape index (κ3) is 4.78. The fourth-order valence-corrected chi connectivity index (χ4v) is 3.68. The summed E-state index contributed by atoms with van der Waals surface area (Å²) >= 11 is 0. The van der Waals surface area contributed by atoms with Gasteiger partial charge in [0.2, 0.25) is 0 Å². The Balaban J connectivity index is 1.50. The number of nitrogens with one attached hydrogen (secondary N) is 2. The average molecular weight is 418 g/mol. The molecule has 2 heterocycles. The molecule has 0 saturated carbocycles. The first-order valence-corrected chi connectivity index (χ1v) is 10.2. The molecular weight excluding hydrogens is 392 g/mol. The van der Waals surface area contributed by atoms with Crippen molar-refractivity contribution in [1.29, 1.82) is 0 Å². The van der Waals surface area contributed by atoms with E-state index in [9.17, 15) is 4.79 Å². The molecule has 0 spiro atoms. The van der Waals surface area contributed by atoms with Crippen LogP contribution in [-0.4, -0.2) is 44.7 Å². The lowest BCUT2D eigenvalue weighted by Crippen LogP contribution is -2.46. The van der Waals surface area contributed by atoms with Crippen LogP contribution in [0.1, 0.15) is 22.1 Å². The number of methoxy groups -OCH3 is 2. The molecule has 2 aromatic carbocycles. The van der Waals surface area contributed by atoms with Crippen molar-refractivity contribution >= 4 is 17.4 Å². The van der Waals surface area contributed by atoms with Gasteiger partial charge in [0.05, 0.1) is 19.9 Å². The summed E-state index contributed by atoms with van der Waals surface area (Å²) in [6.45, 7) is 2.46. The summed E-state index contributed by atoms with van der Waals surface area (Å²) in [6.07, 6.45) is 0. The van der Waals surface area contributed by atoms with Crippen molar-refractivity contribution in [3.05, 3.63) is 78.0 Å². The molecule has 1 aliphatic rings. The number of nitrogens with zero attached hydrogens (tertiary/aromatic N) is 2. The maximum absolute atomic E-state index is 12.9. The molecule has 31 heavy (non-hydrogen) atoms. The first-order valence-electron chi connectivity index (χ1n) is 10.2. The standard InChI is InChI=1S/C24H26N4O3/c1-30-18-11-12-19(22(15-18)31-2)27-24(29)20-9-6-10-23(26-20)28-14-13-25-21(16-28)17-7-4-3-5-8-17/h3-12,15,21,25H,13-14,16H2,1-2H3,(H,27,29). The Morgan fingerprint density at radius 2 is 1.90 bits per heavy atom. The molecule has 2 N–H and O–H groups in total. The van der Waals surface area contributed by atoms with Crippen LogP contribution >= 0.6 is 0 Å². The molecule has 1 unspecified atom stereocenters. The average Bonchev–Trinajstić information content (AvgIpc) is 2.85. The van der Waals surface area contributed by atoms with Crippen LogP contribution in [0.5, 0.6) is 11.5 Å². The van der Waals surface area contributed by atoms with Crippen LogP contribution in [0.3, 0.4) is 0 Å². The molecule has 7 heteroatoms. The number of piperazine rings is 1. The van der Waals surface area contributed by atoms with Gasteiger partial charge in [0.15, 0.2) is 0 Å². The zero-order valence-electron chi connectivity index (χ0n) is 17.7. The fourth-order valence-electron chi connectivity index (χ4n) is 3.68. The molecule has 0 aliphatic carbocycles. The summed E-state index contributed by atoms with van der Waals surface area (Å²) in [4.78, 5) is 19.7. The van der Waals surface area contributed by atoms with Gasteiger partial charge in [0.1, 0.15) is 23.0 Å². The Labute approximate surface area is 182 Å². The Hall–Kier alpha value is -3.58. The van der Waals surface area contributed by atoms with E-state index in [1.807, 2.05) is 30.3 Å². The number of carbonyl (C=O) groups is 1. The lowest BCUT2D eigenvalue weighted by Gasteiger charge is -2.35. The topological polar surface area (TPSA) is 75.7 Å². The second-order valence-electron chi connectivity index (χ2n) is 7.26. The summed E-state index contributed by atoms with van der Waals surface area (Å²) in [7, 11) is 3.14. The van der Waals surface area contributed by atoms with Crippen molar-refractivity contribution in [3.8, 4) is 11.5 Å². The molecule has 1 aromatic heterocycles. The Bertz CT molecular complexity index is 1040. The molecular formula is C24H26N4O3. The highest BCUT2D eigenvalue weighted by Gasteiger charge is 2.22. The van der Waals surface area contributed by atoms with Crippen molar-refractivity contribution in [2.24, 2.45) is 0 Å². The van der Waals surface area contributed by atoms with Gasteiger partial charge in [-0.25, -0.2) is 4.98 Å². The highest BCUT2D eigenvalue weighted by molar-refractivity contribution is 6.04. The summed E-state index contributed by atoms with van der Waals surface area (Å²) in [5.41, 5.74) is 2.16. The lowest BCUT2D eigenvalue weighted by molar-refractivity contribution is 0.102. The summed E-state index contributed by atoms with van der Waals surface area (Å²) in [5, 5.41) is 6.44. The molecule has 160 valence electrons. The number of rotatable bonds is 6. The fraction of sp³-hybridized carbons (Fsp3) is 0.250. The highest BCUT2D eigenvalue weighted by Crippen LogP contribution is 2.29. The van der Waals surface area contributed by atoms with E-state index in [0.29, 0.717) is 22.9 Å². The monoisotopic (exact) mass is 418 g/mol. The third-order valence-electron chi connectivity index (χ3n) is 5.33. The van der Waals surface area contributed by atoms with Crippen molar-refractivity contribution in [2.75, 3.05) is 44.1 Å². The third-order valence-corrected chi connectivity index (χ3v) is 5.33. The molecule has 1 fully saturated rings. The maximum atomic E-state index is 12.9. The number of amides is 1. The van der Waals surface area contributed by atoms with Gasteiger partial charge in [-0.15, -0.1) is 0 Å². The number of anilines is 2. The predicted octanol–water partition coefficient (Wildman–Crippen LogP) is 3.50. The minimum atomic E-state index is -0.292. The van der Waals surface area contributed by atoms with Gasteiger partial charge >= 0.3 is 0 Å². The molecule has 0 radical (unpaired) electrons. The lowest BCUT2D eigenvalue weighted by atomic mass is 10.0. The van der Waals surface area contributed by atoms with Gasteiger partial charge in [0, 0.05) is 31.7 Å². The van der Waals surface area contributed by atoms with Crippen LogP contribution < -0.4 is 25.0 Å². The van der Waals surface area contributed by atoms with E-state index < -0.39 is 0 Å². The number of benzene rings is 2. The first kappa shape index (κ1) is 20.7. The van der Waals surface area contributed by atoms with E-state index in [1.54, 1.807) is 38.5 Å². The molecule has 3 aromatic rings. The van der Waals surface area contributed by atoms with Crippen LogP contribution in [0.2, 0.25) is 0 Å². The number of hydrogen-bond donors (Lipinski definition) is 2. The normalized spacial score (nSPS) is 15.9. The zero-order chi connectivity index (χ0) is 21.6. The predicted molar refractivity (Wildman–Crippen MR) is 121 cm³/mol. The Morgan fingerprint density at radius 3 is 2.68 bits per heavy atom. The molecule has 7 nitrogen and oxygen atoms in total. The Kier molecular flexibility index (Phi) is 6.33. The molecule has 1 saturated heterocycles. The molecule has 0 bridgehead atoms. The summed E-state index contributed by atoms with van der Waals surface area (Å²) in [5.74, 6) is 1.68. The van der Waals surface area contributed by atoms with Crippen LogP contribution in [0.25, 0.3) is 0 Å². The van der Waals surface area contributed by atoms with Gasteiger partial charge in [0.25, 0.3) is 5.91 Å². The van der Waals surface area contributed by atoms with E-state index >= 15 is 0 Å². The van der Waals surface area contributed by atoms with Crippen molar-refractivity contribution in [1.82, 2.24) is 10.3 Å². The number of carbonyl (C=O) groups excluding carboxylic acids is 1. The van der Waals surface area contributed by atoms with Gasteiger partial charge in [-0.05, 0) is 29.8 Å². The second kappa shape index (κ2) is 9.49. The quantitative estimate of drug-likeness (QED) is 0.638. The molecule has 1 aliphatic heterocycles. The largest absolute Gasteiger partial charge is 0.497 e. The molecule has 4 rings (SSSR count). The van der Waals surface area contributed by atoms with E-state index in [0.717, 1.165) is 25.5 Å². The van der Waals surface area contributed by atoms with Crippen LogP contribution in [0.15, 0.2) is 66.7 Å². The van der Waals surface area contributed by atoms with E-state index in [4.69, 9.17) is 9.47 Å². The number of aromatic nitrogens is 1. The number of pyridine rings is 1. The van der Waals surface area contributed by atoms with Crippen molar-refractivity contribution in [2.45, 2.75) is 6.04 Å². The van der Waals surface area contributed by atoms with Crippen molar-refractivity contribution in [3.63, 3.8) is 0 Å². The molecule has 1 amide bonds. The highest BCUT2D eigenvalue weighted by atomic mass is 16.5. The van der Waals surface area contributed by atoms with E-state index in [1.165, 1.54) is 5.56 Å². The van der Waals surface area contributed by atoms with E-state index in [2.05, 4.69) is 32.7 Å².